The molecule has 1 saturated heterocycles. The van der Waals surface area contributed by atoms with Crippen molar-refractivity contribution in [2.24, 2.45) is 5.73 Å². The van der Waals surface area contributed by atoms with E-state index in [1.54, 1.807) is 12.3 Å². The number of amides is 1. The lowest BCUT2D eigenvalue weighted by molar-refractivity contribution is -0.124. The number of pyridine rings is 1. The van der Waals surface area contributed by atoms with Crippen molar-refractivity contribution in [1.29, 1.82) is 0 Å². The summed E-state index contributed by atoms with van der Waals surface area (Å²) in [6, 6.07) is 11.2. The number of carbonyl (C=O) groups excluding carboxylic acids is 2. The summed E-state index contributed by atoms with van der Waals surface area (Å²) in [5, 5.41) is 0. The van der Waals surface area contributed by atoms with E-state index in [-0.39, 0.29) is 12.3 Å². The highest BCUT2D eigenvalue weighted by atomic mass is 16.6. The summed E-state index contributed by atoms with van der Waals surface area (Å²) >= 11 is 0. The van der Waals surface area contributed by atoms with E-state index in [4.69, 9.17) is 10.5 Å². The molecule has 0 spiro atoms. The first-order valence-electron chi connectivity index (χ1n) is 7.74. The molecule has 3 rings (SSSR count). The van der Waals surface area contributed by atoms with Gasteiger partial charge in [-0.2, -0.15) is 0 Å². The Morgan fingerprint density at radius 2 is 1.88 bits per heavy atom. The number of anilines is 1. The Labute approximate surface area is 140 Å². The number of aryl methyl sites for hydroxylation is 1. The molecule has 2 atom stereocenters. The summed E-state index contributed by atoms with van der Waals surface area (Å²) < 4.78 is 5.14. The van der Waals surface area contributed by atoms with E-state index in [9.17, 15) is 9.59 Å². The van der Waals surface area contributed by atoms with Gasteiger partial charge in [-0.3, -0.25) is 9.69 Å². The van der Waals surface area contributed by atoms with Crippen LogP contribution in [0.4, 0.5) is 10.6 Å². The molecule has 1 aliphatic heterocycles. The second kappa shape index (κ2) is 6.41. The lowest BCUT2D eigenvalue weighted by Crippen LogP contribution is -2.45. The highest BCUT2D eigenvalue weighted by Crippen LogP contribution is 2.27. The number of hydrogen-bond acceptors (Lipinski definition) is 5. The van der Waals surface area contributed by atoms with Crippen LogP contribution in [0.5, 0.6) is 0 Å². The number of carbonyl (C=O) groups is 2. The maximum atomic E-state index is 12.1. The van der Waals surface area contributed by atoms with E-state index in [0.717, 1.165) is 11.1 Å². The van der Waals surface area contributed by atoms with Crippen LogP contribution in [0.3, 0.4) is 0 Å². The molecule has 0 bridgehead atoms. The zero-order valence-corrected chi connectivity index (χ0v) is 13.6. The molecule has 6 nitrogen and oxygen atoms in total. The molecule has 2 heterocycles. The van der Waals surface area contributed by atoms with Crippen LogP contribution in [0.25, 0.3) is 11.1 Å². The lowest BCUT2D eigenvalue weighted by atomic mass is 10.1. The third-order valence-corrected chi connectivity index (χ3v) is 4.13. The number of nitrogens with zero attached hydrogens (tertiary/aromatic N) is 2. The van der Waals surface area contributed by atoms with Crippen LogP contribution in [0.15, 0.2) is 42.6 Å². The monoisotopic (exact) mass is 325 g/mol. The largest absolute Gasteiger partial charge is 0.435 e. The number of rotatable bonds is 4. The molecular weight excluding hydrogens is 306 g/mol. The van der Waals surface area contributed by atoms with E-state index in [0.29, 0.717) is 5.82 Å². The third-order valence-electron chi connectivity index (χ3n) is 4.13. The fourth-order valence-electron chi connectivity index (χ4n) is 2.81. The SMILES string of the molecule is CC(=O)[C@H]1OC(=O)N(c2ccc(-c3ccc(C)cc3)cn2)C1CN. The molecule has 1 aromatic heterocycles. The molecule has 2 N–H and O–H groups in total. The van der Waals surface area contributed by atoms with E-state index < -0.39 is 18.2 Å². The summed E-state index contributed by atoms with van der Waals surface area (Å²) in [7, 11) is 0. The lowest BCUT2D eigenvalue weighted by Gasteiger charge is -2.21. The molecule has 1 amide bonds. The molecule has 0 aliphatic carbocycles. The molecule has 1 fully saturated rings. The normalized spacial score (nSPS) is 20.1. The first-order chi connectivity index (χ1) is 11.5. The molecule has 1 aliphatic rings. The second-order valence-electron chi connectivity index (χ2n) is 5.86. The van der Waals surface area contributed by atoms with Gasteiger partial charge in [-0.25, -0.2) is 9.78 Å². The minimum Gasteiger partial charge on any atom is -0.435 e. The van der Waals surface area contributed by atoms with Gasteiger partial charge in [-0.15, -0.1) is 0 Å². The van der Waals surface area contributed by atoms with Crippen molar-refractivity contribution in [2.45, 2.75) is 26.0 Å². The van der Waals surface area contributed by atoms with Crippen LogP contribution in [-0.4, -0.2) is 35.6 Å². The minimum absolute atomic E-state index is 0.122. The minimum atomic E-state index is -0.846. The van der Waals surface area contributed by atoms with Crippen LogP contribution in [0.2, 0.25) is 0 Å². The Kier molecular flexibility index (Phi) is 4.31. The van der Waals surface area contributed by atoms with Gasteiger partial charge in [0.1, 0.15) is 5.82 Å². The Hall–Kier alpha value is -2.73. The summed E-state index contributed by atoms with van der Waals surface area (Å²) in [6.45, 7) is 3.54. The number of cyclic esters (lactones) is 1. The number of ether oxygens (including phenoxy) is 1. The summed E-state index contributed by atoms with van der Waals surface area (Å²) in [6.07, 6.45) is 0.254. The highest BCUT2D eigenvalue weighted by molar-refractivity contribution is 5.96. The zero-order chi connectivity index (χ0) is 17.3. The second-order valence-corrected chi connectivity index (χ2v) is 5.86. The predicted molar refractivity (Wildman–Crippen MR) is 90.7 cm³/mol. The van der Waals surface area contributed by atoms with Gasteiger partial charge >= 0.3 is 6.09 Å². The number of Topliss-reactive ketones (excluding diaryl/α,β-unsaturated/α-hetero) is 1. The van der Waals surface area contributed by atoms with E-state index in [1.165, 1.54) is 17.4 Å². The van der Waals surface area contributed by atoms with Crippen LogP contribution >= 0.6 is 0 Å². The predicted octanol–water partition coefficient (Wildman–Crippen LogP) is 2.30. The molecule has 24 heavy (non-hydrogen) atoms. The number of aromatic nitrogens is 1. The molecule has 124 valence electrons. The van der Waals surface area contributed by atoms with Crippen LogP contribution in [0, 0.1) is 6.92 Å². The maximum absolute atomic E-state index is 12.1. The van der Waals surface area contributed by atoms with Crippen molar-refractivity contribution < 1.29 is 14.3 Å². The molecular formula is C18H19N3O3. The average molecular weight is 325 g/mol. The molecule has 1 aromatic carbocycles. The Morgan fingerprint density at radius 1 is 1.21 bits per heavy atom. The maximum Gasteiger partial charge on any atom is 0.416 e. The van der Waals surface area contributed by atoms with Crippen LogP contribution in [0.1, 0.15) is 12.5 Å². The average Bonchev–Trinajstić information content (AvgIpc) is 2.92. The molecule has 6 heteroatoms. The van der Waals surface area contributed by atoms with Crippen molar-refractivity contribution in [1.82, 2.24) is 4.98 Å². The van der Waals surface area contributed by atoms with Gasteiger partial charge in [0.15, 0.2) is 11.9 Å². The topological polar surface area (TPSA) is 85.5 Å². The van der Waals surface area contributed by atoms with Gasteiger partial charge in [0.25, 0.3) is 0 Å². The van der Waals surface area contributed by atoms with Crippen molar-refractivity contribution in [3.8, 4) is 11.1 Å². The Bertz CT molecular complexity index is 756. The summed E-state index contributed by atoms with van der Waals surface area (Å²) in [4.78, 5) is 29.4. The van der Waals surface area contributed by atoms with Gasteiger partial charge in [0, 0.05) is 18.3 Å². The van der Waals surface area contributed by atoms with E-state index >= 15 is 0 Å². The van der Waals surface area contributed by atoms with Gasteiger partial charge in [0.05, 0.1) is 6.04 Å². The van der Waals surface area contributed by atoms with Gasteiger partial charge in [0.2, 0.25) is 0 Å². The van der Waals surface area contributed by atoms with Gasteiger partial charge < -0.3 is 10.5 Å². The van der Waals surface area contributed by atoms with E-state index in [1.807, 2.05) is 37.3 Å². The Morgan fingerprint density at radius 3 is 2.42 bits per heavy atom. The first-order valence-corrected chi connectivity index (χ1v) is 7.74. The zero-order valence-electron chi connectivity index (χ0n) is 13.6. The number of nitrogens with two attached hydrogens (primary N) is 1. The Balaban J connectivity index is 1.88. The first kappa shape index (κ1) is 16.1. The summed E-state index contributed by atoms with van der Waals surface area (Å²) in [5.41, 5.74) is 8.90. The van der Waals surface area contributed by atoms with Crippen LogP contribution < -0.4 is 10.6 Å². The fourth-order valence-corrected chi connectivity index (χ4v) is 2.81. The van der Waals surface area contributed by atoms with Crippen LogP contribution in [-0.2, 0) is 9.53 Å². The number of hydrogen-bond donors (Lipinski definition) is 1. The van der Waals surface area contributed by atoms with Crippen molar-refractivity contribution in [3.63, 3.8) is 0 Å². The number of benzene rings is 1. The molecule has 1 unspecified atom stereocenters. The quantitative estimate of drug-likeness (QED) is 0.932. The van der Waals surface area contributed by atoms with Gasteiger partial charge in [-0.05, 0) is 31.5 Å². The third kappa shape index (κ3) is 2.88. The number of ketones is 1. The fraction of sp³-hybridized carbons (Fsp3) is 0.278. The van der Waals surface area contributed by atoms with Crippen molar-refractivity contribution in [2.75, 3.05) is 11.4 Å². The molecule has 2 aromatic rings. The highest BCUT2D eigenvalue weighted by Gasteiger charge is 2.44. The smallest absolute Gasteiger partial charge is 0.416 e. The molecule has 0 saturated carbocycles. The summed E-state index contributed by atoms with van der Waals surface area (Å²) in [5.74, 6) is 0.202. The van der Waals surface area contributed by atoms with Crippen molar-refractivity contribution in [3.05, 3.63) is 48.2 Å². The molecule has 0 radical (unpaired) electrons. The van der Waals surface area contributed by atoms with E-state index in [2.05, 4.69) is 4.98 Å². The van der Waals surface area contributed by atoms with Crippen molar-refractivity contribution >= 4 is 17.7 Å². The standard InChI is InChI=1S/C18H19N3O3/c1-11-3-5-13(6-4-11)14-7-8-16(20-10-14)21-15(9-19)17(12(2)22)24-18(21)23/h3-8,10,15,17H,9,19H2,1-2H3/t15?,17-/m1/s1. The van der Waals surface area contributed by atoms with Gasteiger partial charge in [-0.1, -0.05) is 29.8 Å².